The van der Waals surface area contributed by atoms with Crippen LogP contribution in [0.25, 0.3) is 0 Å². The van der Waals surface area contributed by atoms with Crippen molar-refractivity contribution in [3.05, 3.63) is 21.4 Å². The minimum atomic E-state index is -0.335. The monoisotopic (exact) mass is 298 g/mol. The predicted molar refractivity (Wildman–Crippen MR) is 72.4 cm³/mol. The molecule has 17 heavy (non-hydrogen) atoms. The standard InChI is InChI=1S/C13H19BrN2O/c1-4-7(2)12-11(14)10(13(15)17)8(3)16(12)9-5-6-9/h7,9H,4-6H2,1-3H3,(H2,15,17). The van der Waals surface area contributed by atoms with Crippen LogP contribution in [-0.4, -0.2) is 10.5 Å². The number of rotatable bonds is 4. The molecule has 0 aromatic carbocycles. The first-order valence-electron chi connectivity index (χ1n) is 6.19. The van der Waals surface area contributed by atoms with Crippen LogP contribution in [0.3, 0.4) is 0 Å². The Morgan fingerprint density at radius 2 is 2.18 bits per heavy atom. The molecule has 1 unspecified atom stereocenters. The summed E-state index contributed by atoms with van der Waals surface area (Å²) >= 11 is 3.57. The number of nitrogens with two attached hydrogens (primary N) is 1. The lowest BCUT2D eigenvalue weighted by atomic mass is 10.0. The van der Waals surface area contributed by atoms with Crippen molar-refractivity contribution in [3.63, 3.8) is 0 Å². The van der Waals surface area contributed by atoms with Crippen molar-refractivity contribution in [3.8, 4) is 0 Å². The van der Waals surface area contributed by atoms with E-state index in [1.807, 2.05) is 6.92 Å². The van der Waals surface area contributed by atoms with Crippen molar-refractivity contribution in [2.45, 2.75) is 52.0 Å². The summed E-state index contributed by atoms with van der Waals surface area (Å²) in [5.74, 6) is 0.107. The minimum absolute atomic E-state index is 0.335. The highest BCUT2D eigenvalue weighted by Gasteiger charge is 2.33. The number of carbonyl (C=O) groups excluding carboxylic acids is 1. The molecule has 0 bridgehead atoms. The zero-order valence-electron chi connectivity index (χ0n) is 10.6. The summed E-state index contributed by atoms with van der Waals surface area (Å²) in [6.45, 7) is 6.36. The highest BCUT2D eigenvalue weighted by atomic mass is 79.9. The Bertz CT molecular complexity index is 460. The fraction of sp³-hybridized carbons (Fsp3) is 0.615. The Morgan fingerprint density at radius 3 is 2.59 bits per heavy atom. The van der Waals surface area contributed by atoms with E-state index in [-0.39, 0.29) is 5.91 Å². The van der Waals surface area contributed by atoms with Gasteiger partial charge in [-0.05, 0) is 48.0 Å². The minimum Gasteiger partial charge on any atom is -0.366 e. The lowest BCUT2D eigenvalue weighted by molar-refractivity contribution is 0.0999. The zero-order chi connectivity index (χ0) is 12.7. The Labute approximate surface area is 110 Å². The second-order valence-corrected chi connectivity index (χ2v) is 5.73. The third kappa shape index (κ3) is 2.03. The van der Waals surface area contributed by atoms with Crippen molar-refractivity contribution in [1.29, 1.82) is 0 Å². The van der Waals surface area contributed by atoms with Crippen LogP contribution in [0.4, 0.5) is 0 Å². The van der Waals surface area contributed by atoms with Gasteiger partial charge >= 0.3 is 0 Å². The molecule has 1 saturated carbocycles. The van der Waals surface area contributed by atoms with Gasteiger partial charge in [0.25, 0.3) is 5.91 Å². The van der Waals surface area contributed by atoms with Gasteiger partial charge in [0, 0.05) is 17.4 Å². The molecule has 0 saturated heterocycles. The van der Waals surface area contributed by atoms with Crippen LogP contribution >= 0.6 is 15.9 Å². The van der Waals surface area contributed by atoms with Gasteiger partial charge in [0.2, 0.25) is 0 Å². The summed E-state index contributed by atoms with van der Waals surface area (Å²) in [4.78, 5) is 11.5. The number of amides is 1. The van der Waals surface area contributed by atoms with Crippen LogP contribution in [-0.2, 0) is 0 Å². The van der Waals surface area contributed by atoms with Crippen molar-refractivity contribution in [2.24, 2.45) is 5.73 Å². The molecule has 1 aromatic rings. The topological polar surface area (TPSA) is 48.0 Å². The molecule has 1 fully saturated rings. The molecule has 2 N–H and O–H groups in total. The van der Waals surface area contributed by atoms with Gasteiger partial charge in [0.15, 0.2) is 0 Å². The number of carbonyl (C=O) groups is 1. The van der Waals surface area contributed by atoms with E-state index in [0.29, 0.717) is 17.5 Å². The summed E-state index contributed by atoms with van der Waals surface area (Å²) in [6.07, 6.45) is 3.49. The van der Waals surface area contributed by atoms with Crippen molar-refractivity contribution >= 4 is 21.8 Å². The molecule has 1 aliphatic rings. The maximum absolute atomic E-state index is 11.5. The van der Waals surface area contributed by atoms with Crippen LogP contribution in [0.15, 0.2) is 4.47 Å². The molecule has 0 aliphatic heterocycles. The quantitative estimate of drug-likeness (QED) is 0.908. The fourth-order valence-electron chi connectivity index (χ4n) is 2.43. The van der Waals surface area contributed by atoms with Gasteiger partial charge in [0.05, 0.1) is 10.0 Å². The smallest absolute Gasteiger partial charge is 0.251 e. The first kappa shape index (κ1) is 12.7. The van der Waals surface area contributed by atoms with Gasteiger partial charge in [-0.2, -0.15) is 0 Å². The van der Waals surface area contributed by atoms with E-state index >= 15 is 0 Å². The van der Waals surface area contributed by atoms with Crippen LogP contribution in [0.1, 0.15) is 66.8 Å². The Hall–Kier alpha value is -0.770. The number of primary amides is 1. The van der Waals surface area contributed by atoms with E-state index in [0.717, 1.165) is 16.6 Å². The van der Waals surface area contributed by atoms with Crippen molar-refractivity contribution < 1.29 is 4.79 Å². The average Bonchev–Trinajstić information content (AvgIpc) is 3.04. The summed E-state index contributed by atoms with van der Waals surface area (Å²) in [5, 5.41) is 0. The van der Waals surface area contributed by atoms with Crippen LogP contribution in [0, 0.1) is 6.92 Å². The summed E-state index contributed by atoms with van der Waals surface area (Å²) in [6, 6.07) is 0.573. The van der Waals surface area contributed by atoms with E-state index in [1.54, 1.807) is 0 Å². The molecule has 1 atom stereocenters. The first-order valence-corrected chi connectivity index (χ1v) is 6.98. The van der Waals surface area contributed by atoms with Gasteiger partial charge in [-0.3, -0.25) is 4.79 Å². The van der Waals surface area contributed by atoms with E-state index in [4.69, 9.17) is 5.73 Å². The maximum atomic E-state index is 11.5. The number of halogens is 1. The van der Waals surface area contributed by atoms with Gasteiger partial charge in [0.1, 0.15) is 0 Å². The largest absolute Gasteiger partial charge is 0.366 e. The van der Waals surface area contributed by atoms with Crippen LogP contribution in [0.2, 0.25) is 0 Å². The molecule has 1 aromatic heterocycles. The molecule has 1 heterocycles. The Morgan fingerprint density at radius 1 is 1.59 bits per heavy atom. The van der Waals surface area contributed by atoms with Crippen LogP contribution < -0.4 is 5.73 Å². The van der Waals surface area contributed by atoms with Crippen molar-refractivity contribution in [1.82, 2.24) is 4.57 Å². The third-order valence-corrected chi connectivity index (χ3v) is 4.47. The molecule has 4 heteroatoms. The Kier molecular flexibility index (Phi) is 3.34. The van der Waals surface area contributed by atoms with E-state index < -0.39 is 0 Å². The predicted octanol–water partition coefficient (Wildman–Crippen LogP) is 3.51. The second kappa shape index (κ2) is 4.48. The molecule has 1 aliphatic carbocycles. The lowest BCUT2D eigenvalue weighted by Crippen LogP contribution is -2.12. The number of nitrogens with zero attached hydrogens (tertiary/aromatic N) is 1. The van der Waals surface area contributed by atoms with Gasteiger partial charge in [-0.15, -0.1) is 0 Å². The number of hydrogen-bond acceptors (Lipinski definition) is 1. The SMILES string of the molecule is CCC(C)c1c(Br)c(C(N)=O)c(C)n1C1CC1. The highest BCUT2D eigenvalue weighted by Crippen LogP contribution is 2.44. The lowest BCUT2D eigenvalue weighted by Gasteiger charge is -2.15. The number of hydrogen-bond donors (Lipinski definition) is 1. The van der Waals surface area contributed by atoms with E-state index in [1.165, 1.54) is 18.5 Å². The molecule has 3 nitrogen and oxygen atoms in total. The highest BCUT2D eigenvalue weighted by molar-refractivity contribution is 9.10. The second-order valence-electron chi connectivity index (χ2n) is 4.93. The third-order valence-electron chi connectivity index (χ3n) is 3.66. The molecular formula is C13H19BrN2O. The summed E-state index contributed by atoms with van der Waals surface area (Å²) in [5.41, 5.74) is 8.39. The van der Waals surface area contributed by atoms with E-state index in [9.17, 15) is 4.79 Å². The summed E-state index contributed by atoms with van der Waals surface area (Å²) in [7, 11) is 0. The van der Waals surface area contributed by atoms with Gasteiger partial charge < -0.3 is 10.3 Å². The molecule has 0 spiro atoms. The Balaban J connectivity index is 2.62. The molecule has 1 amide bonds. The molecule has 2 rings (SSSR count). The fourth-order valence-corrected chi connectivity index (χ4v) is 3.49. The van der Waals surface area contributed by atoms with Crippen molar-refractivity contribution in [2.75, 3.05) is 0 Å². The maximum Gasteiger partial charge on any atom is 0.251 e. The van der Waals surface area contributed by atoms with E-state index in [2.05, 4.69) is 34.3 Å². The molecule has 94 valence electrons. The van der Waals surface area contributed by atoms with Gasteiger partial charge in [-0.1, -0.05) is 13.8 Å². The summed E-state index contributed by atoms with van der Waals surface area (Å²) < 4.78 is 3.22. The van der Waals surface area contributed by atoms with Gasteiger partial charge in [-0.25, -0.2) is 0 Å². The molecule has 0 radical (unpaired) electrons. The zero-order valence-corrected chi connectivity index (χ0v) is 12.2. The first-order chi connectivity index (χ1) is 7.99. The normalized spacial score (nSPS) is 17.2. The molecular weight excluding hydrogens is 280 g/mol. The van der Waals surface area contributed by atoms with Crippen LogP contribution in [0.5, 0.6) is 0 Å². The number of aromatic nitrogens is 1. The average molecular weight is 299 g/mol.